The van der Waals surface area contributed by atoms with E-state index in [9.17, 15) is 37.0 Å². The van der Waals surface area contributed by atoms with Crippen LogP contribution in [0.4, 0.5) is 27.6 Å². The van der Waals surface area contributed by atoms with Crippen molar-refractivity contribution in [1.29, 1.82) is 0 Å². The molecule has 0 radical (unpaired) electrons. The summed E-state index contributed by atoms with van der Waals surface area (Å²) in [6.07, 6.45) is -4.40. The fourth-order valence-electron chi connectivity index (χ4n) is 5.31. The summed E-state index contributed by atoms with van der Waals surface area (Å²) in [6, 6.07) is 9.90. The van der Waals surface area contributed by atoms with E-state index < -0.39 is 46.8 Å². The zero-order valence-electron chi connectivity index (χ0n) is 21.5. The third-order valence-corrected chi connectivity index (χ3v) is 7.66. The lowest BCUT2D eigenvalue weighted by molar-refractivity contribution is -0.179. The number of nitrogens with one attached hydrogen (secondary N) is 1. The fraction of sp³-hybridized carbons (Fsp3) is 0.286. The van der Waals surface area contributed by atoms with E-state index in [4.69, 9.17) is 11.6 Å². The third-order valence-electron chi connectivity index (χ3n) is 7.42. The van der Waals surface area contributed by atoms with Gasteiger partial charge in [0.2, 0.25) is 0 Å². The number of fused-ring (bicyclic) bond motifs is 1. The first kappa shape index (κ1) is 28.9. The number of amides is 1. The molecule has 3 aromatic rings. The van der Waals surface area contributed by atoms with Crippen LogP contribution in [0.3, 0.4) is 0 Å². The number of carbonyl (C=O) groups excluding carboxylic acids is 1. The van der Waals surface area contributed by atoms with Crippen molar-refractivity contribution in [2.75, 3.05) is 11.9 Å². The highest BCUT2D eigenvalue weighted by molar-refractivity contribution is 6.31. The van der Waals surface area contributed by atoms with E-state index >= 15 is 0 Å². The van der Waals surface area contributed by atoms with Crippen molar-refractivity contribution in [2.45, 2.75) is 44.3 Å². The van der Waals surface area contributed by atoms with Crippen LogP contribution in [0.1, 0.15) is 31.0 Å². The molecule has 2 aliphatic rings. The molecule has 2 aromatic carbocycles. The third kappa shape index (κ3) is 5.28. The Morgan fingerprint density at radius 2 is 1.95 bits per heavy atom. The lowest BCUT2D eigenvalue weighted by atomic mass is 9.90. The summed E-state index contributed by atoms with van der Waals surface area (Å²) in [5, 5.41) is 28.4. The Bertz CT molecular complexity index is 1530. The van der Waals surface area contributed by atoms with Gasteiger partial charge in [-0.2, -0.15) is 13.2 Å². The molecule has 1 amide bonds. The molecule has 0 aliphatic carbocycles. The number of pyridine rings is 1. The lowest BCUT2D eigenvalue weighted by Crippen LogP contribution is -2.62. The van der Waals surface area contributed by atoms with Crippen LogP contribution in [0.15, 0.2) is 66.1 Å². The van der Waals surface area contributed by atoms with Gasteiger partial charge in [0.05, 0.1) is 5.54 Å². The van der Waals surface area contributed by atoms with Crippen LogP contribution in [0.25, 0.3) is 11.1 Å². The minimum Gasteiger partial charge on any atom is -0.510 e. The Morgan fingerprint density at radius 1 is 1.20 bits per heavy atom. The number of aromatic nitrogens is 1. The standard InChI is InChI=1S/C28H24ClF5N4O3/c1-27-10-3-11-38(27)37(14-16-4-2-5-19(30)23(16)31)26(41)22(24(27)39)25(40)36-20-8-7-17(29)12-18(20)15-6-9-21(35-13-15)28(32,33)34/h2,4-9,12-13,26,39,41H,3,10-11,14H2,1H3,(H,36,40). The van der Waals surface area contributed by atoms with Crippen molar-refractivity contribution >= 4 is 23.2 Å². The van der Waals surface area contributed by atoms with Gasteiger partial charge in [-0.1, -0.05) is 29.8 Å². The summed E-state index contributed by atoms with van der Waals surface area (Å²) >= 11 is 6.13. The lowest BCUT2D eigenvalue weighted by Gasteiger charge is -2.49. The van der Waals surface area contributed by atoms with Gasteiger partial charge in [-0.3, -0.25) is 9.78 Å². The second kappa shape index (κ2) is 10.7. The van der Waals surface area contributed by atoms with Gasteiger partial charge in [-0.15, -0.1) is 0 Å². The maximum atomic E-state index is 14.6. The van der Waals surface area contributed by atoms with Gasteiger partial charge in [0.25, 0.3) is 5.91 Å². The molecule has 216 valence electrons. The van der Waals surface area contributed by atoms with Crippen molar-refractivity contribution in [3.05, 3.63) is 94.0 Å². The largest absolute Gasteiger partial charge is 0.510 e. The van der Waals surface area contributed by atoms with Crippen LogP contribution in [0, 0.1) is 11.6 Å². The van der Waals surface area contributed by atoms with Crippen LogP contribution < -0.4 is 5.32 Å². The number of benzene rings is 2. The molecule has 5 rings (SSSR count). The van der Waals surface area contributed by atoms with E-state index in [0.29, 0.717) is 19.4 Å². The van der Waals surface area contributed by atoms with Crippen molar-refractivity contribution in [2.24, 2.45) is 0 Å². The Hall–Kier alpha value is -3.58. The maximum Gasteiger partial charge on any atom is 0.433 e. The summed E-state index contributed by atoms with van der Waals surface area (Å²) in [4.78, 5) is 17.1. The van der Waals surface area contributed by atoms with Gasteiger partial charge in [0.1, 0.15) is 17.0 Å². The number of alkyl halides is 3. The predicted octanol–water partition coefficient (Wildman–Crippen LogP) is 6.05. The molecule has 3 heterocycles. The van der Waals surface area contributed by atoms with Crippen LogP contribution >= 0.6 is 11.6 Å². The molecule has 0 saturated carbocycles. The molecule has 2 atom stereocenters. The Morgan fingerprint density at radius 3 is 2.63 bits per heavy atom. The quantitative estimate of drug-likeness (QED) is 0.312. The molecule has 2 aliphatic heterocycles. The van der Waals surface area contributed by atoms with Crippen LogP contribution in [-0.4, -0.2) is 49.4 Å². The number of aliphatic hydroxyl groups is 2. The van der Waals surface area contributed by atoms with E-state index in [1.165, 1.54) is 41.4 Å². The van der Waals surface area contributed by atoms with E-state index in [-0.39, 0.29) is 39.7 Å². The number of rotatable bonds is 5. The highest BCUT2D eigenvalue weighted by Gasteiger charge is 2.52. The second-order valence-corrected chi connectivity index (χ2v) is 10.5. The van der Waals surface area contributed by atoms with Crippen molar-refractivity contribution < 1.29 is 37.0 Å². The van der Waals surface area contributed by atoms with Crippen molar-refractivity contribution in [3.63, 3.8) is 0 Å². The zero-order chi connectivity index (χ0) is 29.7. The minimum absolute atomic E-state index is 0.0609. The summed E-state index contributed by atoms with van der Waals surface area (Å²) in [5.41, 5.74) is -2.10. The zero-order valence-corrected chi connectivity index (χ0v) is 22.3. The molecule has 41 heavy (non-hydrogen) atoms. The maximum absolute atomic E-state index is 14.6. The van der Waals surface area contributed by atoms with E-state index in [1.54, 1.807) is 11.9 Å². The molecule has 2 unspecified atom stereocenters. The van der Waals surface area contributed by atoms with Gasteiger partial charge in [-0.05, 0) is 50.1 Å². The molecule has 1 fully saturated rings. The highest BCUT2D eigenvalue weighted by atomic mass is 35.5. The van der Waals surface area contributed by atoms with Crippen molar-refractivity contribution in [3.8, 4) is 11.1 Å². The highest BCUT2D eigenvalue weighted by Crippen LogP contribution is 2.43. The molecule has 13 heteroatoms. The minimum atomic E-state index is -4.64. The number of hydrogen-bond donors (Lipinski definition) is 3. The van der Waals surface area contributed by atoms with Gasteiger partial charge in [-0.25, -0.2) is 18.8 Å². The fourth-order valence-corrected chi connectivity index (χ4v) is 5.48. The topological polar surface area (TPSA) is 88.9 Å². The van der Waals surface area contributed by atoms with Gasteiger partial charge in [0, 0.05) is 46.7 Å². The van der Waals surface area contributed by atoms with E-state index in [2.05, 4.69) is 10.3 Å². The van der Waals surface area contributed by atoms with Gasteiger partial charge in [0.15, 0.2) is 17.9 Å². The molecule has 1 aromatic heterocycles. The van der Waals surface area contributed by atoms with E-state index in [1.807, 2.05) is 0 Å². The van der Waals surface area contributed by atoms with Gasteiger partial charge >= 0.3 is 6.18 Å². The SMILES string of the molecule is CC12CCCN1N(Cc1cccc(F)c1F)C(O)C(C(=O)Nc1ccc(Cl)cc1-c1ccc(C(F)(F)F)nc1)=C2O. The molecule has 7 nitrogen and oxygen atoms in total. The molecule has 3 N–H and O–H groups in total. The Labute approximate surface area is 236 Å². The summed E-state index contributed by atoms with van der Waals surface area (Å²) in [5.74, 6) is -3.46. The Balaban J connectivity index is 1.50. The number of nitrogens with zero attached hydrogens (tertiary/aromatic N) is 3. The average Bonchev–Trinajstić information content (AvgIpc) is 3.32. The number of aliphatic hydroxyl groups excluding tert-OH is 2. The normalized spacial score (nSPS) is 21.7. The predicted molar refractivity (Wildman–Crippen MR) is 140 cm³/mol. The van der Waals surface area contributed by atoms with Crippen LogP contribution in [-0.2, 0) is 17.5 Å². The first-order valence-corrected chi connectivity index (χ1v) is 12.9. The summed E-state index contributed by atoms with van der Waals surface area (Å²) < 4.78 is 67.5. The van der Waals surface area contributed by atoms with E-state index in [0.717, 1.165) is 18.3 Å². The Kier molecular flexibility index (Phi) is 7.53. The first-order valence-electron chi connectivity index (χ1n) is 12.5. The second-order valence-electron chi connectivity index (χ2n) is 10.0. The first-order chi connectivity index (χ1) is 19.3. The number of hydrogen-bond acceptors (Lipinski definition) is 6. The monoisotopic (exact) mass is 594 g/mol. The van der Waals surface area contributed by atoms with Crippen LogP contribution in [0.2, 0.25) is 5.02 Å². The number of carbonyl (C=O) groups is 1. The number of anilines is 1. The molecular formula is C28H24ClF5N4O3. The summed E-state index contributed by atoms with van der Waals surface area (Å²) in [6.45, 7) is 1.75. The number of hydrazine groups is 1. The van der Waals surface area contributed by atoms with Gasteiger partial charge < -0.3 is 15.5 Å². The van der Waals surface area contributed by atoms with Crippen molar-refractivity contribution in [1.82, 2.24) is 15.0 Å². The average molecular weight is 595 g/mol. The summed E-state index contributed by atoms with van der Waals surface area (Å²) in [7, 11) is 0. The molecule has 0 spiro atoms. The molecule has 1 saturated heterocycles. The van der Waals surface area contributed by atoms with Crippen LogP contribution in [0.5, 0.6) is 0 Å². The smallest absolute Gasteiger partial charge is 0.433 e. The molecule has 0 bridgehead atoms. The number of halogens is 6. The molecular weight excluding hydrogens is 571 g/mol.